The second-order valence-electron chi connectivity index (χ2n) is 2.71. The largest absolute Gasteiger partial charge is 0.333 e. The van der Waals surface area contributed by atoms with Gasteiger partial charge in [-0.2, -0.15) is 8.42 Å². The summed E-state index contributed by atoms with van der Waals surface area (Å²) in [4.78, 5) is 3.83. The van der Waals surface area contributed by atoms with Gasteiger partial charge in [-0.15, -0.1) is 0 Å². The van der Waals surface area contributed by atoms with Crippen molar-refractivity contribution in [1.29, 1.82) is 0 Å². The lowest BCUT2D eigenvalue weighted by Crippen LogP contribution is -2.15. The number of aryl methyl sites for hydroxylation is 1. The number of pyridine rings is 1. The third-order valence-electron chi connectivity index (χ3n) is 1.46. The maximum absolute atomic E-state index is 10.5. The molecule has 78 valence electrons. The van der Waals surface area contributed by atoms with Gasteiger partial charge in [0.15, 0.2) is 0 Å². The third-order valence-corrected chi connectivity index (χ3v) is 2.30. The van der Waals surface area contributed by atoms with E-state index in [-0.39, 0.29) is 6.61 Å². The Morgan fingerprint density at radius 3 is 2.79 bits per heavy atom. The lowest BCUT2D eigenvalue weighted by molar-refractivity contribution is 0.308. The Morgan fingerprint density at radius 2 is 2.29 bits per heavy atom. The summed E-state index contributed by atoms with van der Waals surface area (Å²) in [5, 5.41) is 5.03. The first kappa shape index (κ1) is 11.4. The number of hydrogen-bond donors (Lipinski definition) is 1. The molecular formula is C7H9ClN2O3S. The van der Waals surface area contributed by atoms with E-state index >= 15 is 0 Å². The number of aromatic nitrogens is 1. The van der Waals surface area contributed by atoms with Crippen LogP contribution in [-0.2, 0) is 21.1 Å². The Kier molecular flexibility index (Phi) is 3.43. The molecule has 0 aromatic carbocycles. The summed E-state index contributed by atoms with van der Waals surface area (Å²) in [6.07, 6.45) is 1.43. The monoisotopic (exact) mass is 236 g/mol. The Labute approximate surface area is 87.1 Å². The van der Waals surface area contributed by atoms with E-state index in [9.17, 15) is 8.42 Å². The molecule has 0 amide bonds. The number of hydrogen-bond acceptors (Lipinski definition) is 4. The number of rotatable bonds is 3. The van der Waals surface area contributed by atoms with Crippen LogP contribution in [-0.4, -0.2) is 13.4 Å². The fourth-order valence-corrected chi connectivity index (χ4v) is 1.25. The highest BCUT2D eigenvalue weighted by atomic mass is 35.5. The molecule has 7 heteroatoms. The molecule has 1 heterocycles. The normalized spacial score (nSPS) is 11.6. The SMILES string of the molecule is Cc1cc(COS(N)(=O)=O)cnc1Cl. The van der Waals surface area contributed by atoms with Crippen molar-refractivity contribution in [2.45, 2.75) is 13.5 Å². The van der Waals surface area contributed by atoms with Gasteiger partial charge in [-0.1, -0.05) is 11.6 Å². The van der Waals surface area contributed by atoms with Crippen LogP contribution in [0, 0.1) is 6.92 Å². The van der Waals surface area contributed by atoms with Crippen molar-refractivity contribution >= 4 is 21.9 Å². The minimum Gasteiger partial charge on any atom is -0.253 e. The summed E-state index contributed by atoms with van der Waals surface area (Å²) in [5.41, 5.74) is 1.35. The first-order valence-corrected chi connectivity index (χ1v) is 5.51. The molecule has 0 saturated heterocycles. The summed E-state index contributed by atoms with van der Waals surface area (Å²) in [5.74, 6) is 0. The summed E-state index contributed by atoms with van der Waals surface area (Å²) in [7, 11) is -3.91. The van der Waals surface area contributed by atoms with Gasteiger partial charge >= 0.3 is 10.3 Å². The van der Waals surface area contributed by atoms with Crippen molar-refractivity contribution in [2.75, 3.05) is 0 Å². The molecule has 0 fully saturated rings. The molecule has 5 nitrogen and oxygen atoms in total. The minimum atomic E-state index is -3.91. The maximum atomic E-state index is 10.5. The van der Waals surface area contributed by atoms with Crippen molar-refractivity contribution in [1.82, 2.24) is 4.98 Å². The van der Waals surface area contributed by atoms with Crippen LogP contribution in [0.25, 0.3) is 0 Å². The fraction of sp³-hybridized carbons (Fsp3) is 0.286. The second-order valence-corrected chi connectivity index (χ2v) is 4.29. The summed E-state index contributed by atoms with van der Waals surface area (Å²) in [6.45, 7) is 1.62. The first-order valence-electron chi connectivity index (χ1n) is 3.66. The van der Waals surface area contributed by atoms with Crippen molar-refractivity contribution in [3.63, 3.8) is 0 Å². The van der Waals surface area contributed by atoms with Crippen molar-refractivity contribution in [2.24, 2.45) is 5.14 Å². The van der Waals surface area contributed by atoms with Gasteiger partial charge in [0.1, 0.15) is 5.15 Å². The van der Waals surface area contributed by atoms with Gasteiger partial charge in [0.2, 0.25) is 0 Å². The van der Waals surface area contributed by atoms with Gasteiger partial charge < -0.3 is 0 Å². The lowest BCUT2D eigenvalue weighted by Gasteiger charge is -2.02. The van der Waals surface area contributed by atoms with Crippen LogP contribution in [0.15, 0.2) is 12.3 Å². The highest BCUT2D eigenvalue weighted by Crippen LogP contribution is 2.13. The van der Waals surface area contributed by atoms with E-state index in [1.807, 2.05) is 0 Å². The molecule has 0 spiro atoms. The van der Waals surface area contributed by atoms with Crippen LogP contribution in [0.2, 0.25) is 5.15 Å². The van der Waals surface area contributed by atoms with Crippen molar-refractivity contribution < 1.29 is 12.6 Å². The Bertz CT molecular complexity index is 433. The molecule has 1 aromatic rings. The van der Waals surface area contributed by atoms with Crippen LogP contribution in [0.3, 0.4) is 0 Å². The lowest BCUT2D eigenvalue weighted by atomic mass is 10.2. The summed E-state index contributed by atoms with van der Waals surface area (Å²) in [6, 6.07) is 1.68. The highest BCUT2D eigenvalue weighted by Gasteiger charge is 2.04. The van der Waals surface area contributed by atoms with E-state index in [0.29, 0.717) is 10.7 Å². The van der Waals surface area contributed by atoms with Gasteiger partial charge in [0, 0.05) is 6.20 Å². The van der Waals surface area contributed by atoms with Gasteiger partial charge in [-0.3, -0.25) is 4.18 Å². The predicted octanol–water partition coefficient (Wildman–Crippen LogP) is 0.764. The van der Waals surface area contributed by atoms with E-state index in [2.05, 4.69) is 14.3 Å². The topological polar surface area (TPSA) is 82.3 Å². The molecular weight excluding hydrogens is 228 g/mol. The van der Waals surface area contributed by atoms with Crippen LogP contribution < -0.4 is 5.14 Å². The Hall–Kier alpha value is -0.690. The Morgan fingerprint density at radius 1 is 1.64 bits per heavy atom. The minimum absolute atomic E-state index is 0.135. The summed E-state index contributed by atoms with van der Waals surface area (Å²) < 4.78 is 25.3. The molecule has 2 N–H and O–H groups in total. The smallest absolute Gasteiger partial charge is 0.253 e. The molecule has 0 radical (unpaired) electrons. The third kappa shape index (κ3) is 3.59. The molecule has 0 aliphatic heterocycles. The van der Waals surface area contributed by atoms with E-state index < -0.39 is 10.3 Å². The van der Waals surface area contributed by atoms with Crippen LogP contribution in [0.4, 0.5) is 0 Å². The quantitative estimate of drug-likeness (QED) is 0.786. The van der Waals surface area contributed by atoms with E-state index in [1.54, 1.807) is 13.0 Å². The van der Waals surface area contributed by atoms with E-state index in [1.165, 1.54) is 6.20 Å². The molecule has 14 heavy (non-hydrogen) atoms. The number of halogens is 1. The van der Waals surface area contributed by atoms with E-state index in [4.69, 9.17) is 11.6 Å². The molecule has 0 aliphatic carbocycles. The number of nitrogens with zero attached hydrogens (tertiary/aromatic N) is 1. The molecule has 1 rings (SSSR count). The van der Waals surface area contributed by atoms with Crippen LogP contribution in [0.5, 0.6) is 0 Å². The van der Waals surface area contributed by atoms with Gasteiger partial charge in [-0.25, -0.2) is 10.1 Å². The number of nitrogens with two attached hydrogens (primary N) is 1. The fourth-order valence-electron chi connectivity index (χ4n) is 0.845. The zero-order valence-electron chi connectivity index (χ0n) is 7.40. The summed E-state index contributed by atoms with van der Waals surface area (Å²) >= 11 is 5.68. The highest BCUT2D eigenvalue weighted by molar-refractivity contribution is 7.84. The molecule has 0 bridgehead atoms. The maximum Gasteiger partial charge on any atom is 0.333 e. The van der Waals surface area contributed by atoms with Gasteiger partial charge in [0.25, 0.3) is 0 Å². The average molecular weight is 237 g/mol. The molecule has 0 unspecified atom stereocenters. The van der Waals surface area contributed by atoms with Crippen molar-refractivity contribution in [3.05, 3.63) is 28.5 Å². The molecule has 0 aliphatic rings. The Balaban J connectivity index is 2.74. The average Bonchev–Trinajstić information content (AvgIpc) is 2.06. The van der Waals surface area contributed by atoms with Crippen LogP contribution >= 0.6 is 11.6 Å². The van der Waals surface area contributed by atoms with E-state index in [0.717, 1.165) is 5.56 Å². The second kappa shape index (κ2) is 4.22. The standard InChI is InChI=1S/C7H9ClN2O3S/c1-5-2-6(3-10-7(5)8)4-13-14(9,11)12/h2-3H,4H2,1H3,(H2,9,11,12). The zero-order chi connectivity index (χ0) is 10.8. The predicted molar refractivity (Wildman–Crippen MR) is 51.9 cm³/mol. The molecule has 1 aromatic heterocycles. The molecule has 0 saturated carbocycles. The zero-order valence-corrected chi connectivity index (χ0v) is 8.97. The van der Waals surface area contributed by atoms with Crippen molar-refractivity contribution in [3.8, 4) is 0 Å². The first-order chi connectivity index (χ1) is 6.38. The van der Waals surface area contributed by atoms with Gasteiger partial charge in [0.05, 0.1) is 6.61 Å². The van der Waals surface area contributed by atoms with Crippen LogP contribution in [0.1, 0.15) is 11.1 Å². The molecule has 0 atom stereocenters. The van der Waals surface area contributed by atoms with Gasteiger partial charge in [-0.05, 0) is 24.1 Å².